The van der Waals surface area contributed by atoms with Gasteiger partial charge in [0.2, 0.25) is 0 Å². The van der Waals surface area contributed by atoms with Crippen LogP contribution in [0.3, 0.4) is 0 Å². The number of guanidine groups is 1. The lowest BCUT2D eigenvalue weighted by Gasteiger charge is -2.30. The van der Waals surface area contributed by atoms with Crippen molar-refractivity contribution in [1.82, 2.24) is 15.5 Å². The largest absolute Gasteiger partial charge is 0.497 e. The van der Waals surface area contributed by atoms with Gasteiger partial charge in [-0.1, -0.05) is 19.1 Å². The first kappa shape index (κ1) is 19.6. The van der Waals surface area contributed by atoms with Crippen LogP contribution < -0.4 is 15.4 Å². The Morgan fingerprint density at radius 3 is 2.72 bits per heavy atom. The van der Waals surface area contributed by atoms with Crippen LogP contribution in [0.5, 0.6) is 5.75 Å². The summed E-state index contributed by atoms with van der Waals surface area (Å²) < 4.78 is 5.26. The van der Waals surface area contributed by atoms with Crippen molar-refractivity contribution in [1.29, 1.82) is 0 Å². The maximum Gasteiger partial charge on any atom is 0.190 e. The SMILES string of the molecule is CN=C(NCCCN1CCC(C)CC1)NCCc1cccc(OC)c1. The molecule has 1 heterocycles. The summed E-state index contributed by atoms with van der Waals surface area (Å²) in [5, 5.41) is 6.80. The third-order valence-electron chi connectivity index (χ3n) is 4.88. The van der Waals surface area contributed by atoms with Crippen molar-refractivity contribution < 1.29 is 4.74 Å². The second-order valence-electron chi connectivity index (χ2n) is 6.91. The molecule has 0 saturated carbocycles. The van der Waals surface area contributed by atoms with Gasteiger partial charge < -0.3 is 20.3 Å². The predicted molar refractivity (Wildman–Crippen MR) is 106 cm³/mol. The summed E-state index contributed by atoms with van der Waals surface area (Å²) >= 11 is 0. The standard InChI is InChI=1S/C20H34N4O/c1-17-9-14-24(15-10-17)13-5-11-22-20(21-2)23-12-8-18-6-4-7-19(16-18)25-3/h4,6-7,16-17H,5,8-15H2,1-3H3,(H2,21,22,23). The molecule has 0 aliphatic carbocycles. The Morgan fingerprint density at radius 1 is 1.24 bits per heavy atom. The molecule has 1 saturated heterocycles. The molecule has 2 rings (SSSR count). The van der Waals surface area contributed by atoms with E-state index < -0.39 is 0 Å². The van der Waals surface area contributed by atoms with E-state index in [-0.39, 0.29) is 0 Å². The van der Waals surface area contributed by atoms with Crippen molar-refractivity contribution in [2.45, 2.75) is 32.6 Å². The van der Waals surface area contributed by atoms with Gasteiger partial charge in [0.15, 0.2) is 5.96 Å². The van der Waals surface area contributed by atoms with Gasteiger partial charge in [0, 0.05) is 20.1 Å². The van der Waals surface area contributed by atoms with Crippen LogP contribution in [0.15, 0.2) is 29.3 Å². The number of likely N-dealkylation sites (tertiary alicyclic amines) is 1. The topological polar surface area (TPSA) is 48.9 Å². The molecule has 0 aromatic heterocycles. The number of hydrogen-bond acceptors (Lipinski definition) is 3. The van der Waals surface area contributed by atoms with Crippen LogP contribution in [0.4, 0.5) is 0 Å². The Bertz CT molecular complexity index is 524. The third kappa shape index (κ3) is 7.34. The fourth-order valence-corrected chi connectivity index (χ4v) is 3.17. The molecule has 0 unspecified atom stereocenters. The van der Waals surface area contributed by atoms with Crippen LogP contribution in [0.25, 0.3) is 0 Å². The first-order valence-electron chi connectivity index (χ1n) is 9.51. The zero-order chi connectivity index (χ0) is 17.9. The summed E-state index contributed by atoms with van der Waals surface area (Å²) in [6.45, 7) is 7.88. The maximum atomic E-state index is 5.26. The Balaban J connectivity index is 1.59. The molecule has 1 aliphatic heterocycles. The Morgan fingerprint density at radius 2 is 2.00 bits per heavy atom. The van der Waals surface area contributed by atoms with E-state index in [0.717, 1.165) is 43.6 Å². The first-order chi connectivity index (χ1) is 12.2. The lowest BCUT2D eigenvalue weighted by Crippen LogP contribution is -2.40. The molecular weight excluding hydrogens is 312 g/mol. The van der Waals surface area contributed by atoms with Crippen LogP contribution >= 0.6 is 0 Å². The van der Waals surface area contributed by atoms with Crippen molar-refractivity contribution >= 4 is 5.96 Å². The van der Waals surface area contributed by atoms with Gasteiger partial charge in [-0.15, -0.1) is 0 Å². The fourth-order valence-electron chi connectivity index (χ4n) is 3.17. The Hall–Kier alpha value is -1.75. The van der Waals surface area contributed by atoms with Crippen molar-refractivity contribution in [3.8, 4) is 5.75 Å². The van der Waals surface area contributed by atoms with Crippen LogP contribution in [-0.4, -0.2) is 57.7 Å². The Kier molecular flexibility index (Phi) is 8.60. The van der Waals surface area contributed by atoms with E-state index >= 15 is 0 Å². The van der Waals surface area contributed by atoms with E-state index in [1.54, 1.807) is 7.11 Å². The summed E-state index contributed by atoms with van der Waals surface area (Å²) in [5.74, 6) is 2.70. The van der Waals surface area contributed by atoms with Gasteiger partial charge in [0.05, 0.1) is 7.11 Å². The monoisotopic (exact) mass is 346 g/mol. The molecule has 5 nitrogen and oxygen atoms in total. The molecule has 1 fully saturated rings. The normalized spacial score (nSPS) is 16.7. The van der Waals surface area contributed by atoms with Gasteiger partial charge in [-0.2, -0.15) is 0 Å². The second kappa shape index (κ2) is 11.0. The molecular formula is C20H34N4O. The molecule has 0 bridgehead atoms. The van der Waals surface area contributed by atoms with Gasteiger partial charge in [-0.05, 0) is 68.9 Å². The minimum atomic E-state index is 0.858. The van der Waals surface area contributed by atoms with Crippen LogP contribution in [0.1, 0.15) is 31.7 Å². The predicted octanol–water partition coefficient (Wildman–Crippen LogP) is 2.52. The van der Waals surface area contributed by atoms with E-state index in [2.05, 4.69) is 39.6 Å². The van der Waals surface area contributed by atoms with Crippen molar-refractivity contribution in [2.24, 2.45) is 10.9 Å². The minimum absolute atomic E-state index is 0.858. The molecule has 25 heavy (non-hydrogen) atoms. The molecule has 0 spiro atoms. The van der Waals surface area contributed by atoms with Crippen molar-refractivity contribution in [3.63, 3.8) is 0 Å². The highest BCUT2D eigenvalue weighted by Crippen LogP contribution is 2.15. The van der Waals surface area contributed by atoms with E-state index in [9.17, 15) is 0 Å². The zero-order valence-electron chi connectivity index (χ0n) is 16.1. The average Bonchev–Trinajstić information content (AvgIpc) is 2.65. The molecule has 2 N–H and O–H groups in total. The van der Waals surface area contributed by atoms with Gasteiger partial charge in [-0.25, -0.2) is 0 Å². The van der Waals surface area contributed by atoms with Gasteiger partial charge in [0.1, 0.15) is 5.75 Å². The number of benzene rings is 1. The second-order valence-corrected chi connectivity index (χ2v) is 6.91. The fraction of sp³-hybridized carbons (Fsp3) is 0.650. The maximum absolute atomic E-state index is 5.26. The van der Waals surface area contributed by atoms with Crippen molar-refractivity contribution in [2.75, 3.05) is 46.9 Å². The summed E-state index contributed by atoms with van der Waals surface area (Å²) in [5.41, 5.74) is 1.27. The average molecular weight is 347 g/mol. The molecule has 0 amide bonds. The number of ether oxygens (including phenoxy) is 1. The molecule has 1 aliphatic rings. The van der Waals surface area contributed by atoms with Gasteiger partial charge in [-0.3, -0.25) is 4.99 Å². The first-order valence-corrected chi connectivity index (χ1v) is 9.51. The van der Waals surface area contributed by atoms with E-state index in [1.165, 1.54) is 38.0 Å². The van der Waals surface area contributed by atoms with Crippen LogP contribution in [-0.2, 0) is 6.42 Å². The molecule has 1 aromatic rings. The molecule has 5 heteroatoms. The smallest absolute Gasteiger partial charge is 0.190 e. The molecule has 0 radical (unpaired) electrons. The molecule has 1 aromatic carbocycles. The van der Waals surface area contributed by atoms with E-state index in [1.807, 2.05) is 19.2 Å². The number of nitrogens with zero attached hydrogens (tertiary/aromatic N) is 2. The van der Waals surface area contributed by atoms with Crippen molar-refractivity contribution in [3.05, 3.63) is 29.8 Å². The van der Waals surface area contributed by atoms with Gasteiger partial charge >= 0.3 is 0 Å². The minimum Gasteiger partial charge on any atom is -0.497 e. The number of piperidine rings is 1. The van der Waals surface area contributed by atoms with Gasteiger partial charge in [0.25, 0.3) is 0 Å². The summed E-state index contributed by atoms with van der Waals surface area (Å²) in [6, 6.07) is 8.21. The molecule has 140 valence electrons. The molecule has 0 atom stereocenters. The Labute approximate surface area is 152 Å². The zero-order valence-corrected chi connectivity index (χ0v) is 16.1. The number of nitrogens with one attached hydrogen (secondary N) is 2. The number of rotatable bonds is 8. The van der Waals surface area contributed by atoms with E-state index in [4.69, 9.17) is 4.74 Å². The summed E-state index contributed by atoms with van der Waals surface area (Å²) in [4.78, 5) is 6.89. The number of hydrogen-bond donors (Lipinski definition) is 2. The number of methoxy groups -OCH3 is 1. The van der Waals surface area contributed by atoms with Crippen LogP contribution in [0, 0.1) is 5.92 Å². The highest BCUT2D eigenvalue weighted by molar-refractivity contribution is 5.79. The summed E-state index contributed by atoms with van der Waals surface area (Å²) in [6.07, 6.45) is 4.80. The highest BCUT2D eigenvalue weighted by Gasteiger charge is 2.14. The highest BCUT2D eigenvalue weighted by atomic mass is 16.5. The quantitative estimate of drug-likeness (QED) is 0.431. The van der Waals surface area contributed by atoms with E-state index in [0.29, 0.717) is 0 Å². The summed E-state index contributed by atoms with van der Waals surface area (Å²) in [7, 11) is 3.53. The lowest BCUT2D eigenvalue weighted by atomic mass is 9.99. The number of aliphatic imine (C=N–C) groups is 1. The lowest BCUT2D eigenvalue weighted by molar-refractivity contribution is 0.191. The third-order valence-corrected chi connectivity index (χ3v) is 4.88. The van der Waals surface area contributed by atoms with Crippen LogP contribution in [0.2, 0.25) is 0 Å².